The second kappa shape index (κ2) is 3.92. The Morgan fingerprint density at radius 3 is 3.19 bits per heavy atom. The van der Waals surface area contributed by atoms with E-state index in [0.717, 1.165) is 23.7 Å². The number of nitrogens with zero attached hydrogens (tertiary/aromatic N) is 1. The number of fused-ring (bicyclic) bond motifs is 1. The lowest BCUT2D eigenvalue weighted by Gasteiger charge is -2.23. The summed E-state index contributed by atoms with van der Waals surface area (Å²) in [6, 6.07) is 8.09. The van der Waals surface area contributed by atoms with Crippen LogP contribution in [0.4, 0.5) is 0 Å². The van der Waals surface area contributed by atoms with Gasteiger partial charge in [0.1, 0.15) is 0 Å². The van der Waals surface area contributed by atoms with Crippen LogP contribution in [0.3, 0.4) is 0 Å². The van der Waals surface area contributed by atoms with Gasteiger partial charge < -0.3 is 10.3 Å². The predicted molar refractivity (Wildman–Crippen MR) is 63.6 cm³/mol. The van der Waals surface area contributed by atoms with Crippen LogP contribution < -0.4 is 5.32 Å². The van der Waals surface area contributed by atoms with Gasteiger partial charge in [0.05, 0.1) is 18.1 Å². The largest absolute Gasteiger partial charge is 0.348 e. The summed E-state index contributed by atoms with van der Waals surface area (Å²) in [4.78, 5) is 7.57. The van der Waals surface area contributed by atoms with Crippen LogP contribution in [0.1, 0.15) is 23.0 Å². The second-order valence-electron chi connectivity index (χ2n) is 3.96. The fourth-order valence-corrected chi connectivity index (χ4v) is 2.38. The number of aromatic nitrogens is 2. The minimum Gasteiger partial charge on any atom is -0.348 e. The van der Waals surface area contributed by atoms with Gasteiger partial charge in [-0.3, -0.25) is 0 Å². The number of nitrogens with one attached hydrogen (secondary N) is 2. The van der Waals surface area contributed by atoms with E-state index in [1.54, 1.807) is 6.33 Å². The molecule has 0 spiro atoms. The van der Waals surface area contributed by atoms with Crippen LogP contribution in [0.15, 0.2) is 30.6 Å². The molecule has 1 aromatic heterocycles. The molecule has 2 N–H and O–H groups in total. The normalized spacial score (nSPS) is 19.4. The van der Waals surface area contributed by atoms with Crippen LogP contribution in [0, 0.1) is 0 Å². The molecule has 3 nitrogen and oxygen atoms in total. The van der Waals surface area contributed by atoms with Crippen molar-refractivity contribution in [2.75, 3.05) is 6.54 Å². The van der Waals surface area contributed by atoms with Crippen molar-refractivity contribution in [3.8, 4) is 0 Å². The zero-order chi connectivity index (χ0) is 11.0. The molecule has 3 rings (SSSR count). The molecule has 1 atom stereocenters. The number of H-pyrrole nitrogens is 1. The van der Waals surface area contributed by atoms with E-state index in [2.05, 4.69) is 21.4 Å². The SMILES string of the molecule is Clc1cccc([C@H]2NCCc3[nH]cnc32)c1. The molecular formula is C12H12ClN3. The number of hydrogen-bond donors (Lipinski definition) is 2. The molecule has 0 saturated carbocycles. The molecule has 4 heteroatoms. The fourth-order valence-electron chi connectivity index (χ4n) is 2.18. The molecule has 0 fully saturated rings. The van der Waals surface area contributed by atoms with Crippen molar-refractivity contribution in [1.82, 2.24) is 15.3 Å². The maximum atomic E-state index is 6.01. The highest BCUT2D eigenvalue weighted by Crippen LogP contribution is 2.27. The molecule has 82 valence electrons. The van der Waals surface area contributed by atoms with Gasteiger partial charge in [0.15, 0.2) is 0 Å². The molecule has 16 heavy (non-hydrogen) atoms. The van der Waals surface area contributed by atoms with Crippen LogP contribution in [0.5, 0.6) is 0 Å². The van der Waals surface area contributed by atoms with Gasteiger partial charge in [-0.25, -0.2) is 4.98 Å². The predicted octanol–water partition coefficient (Wildman–Crippen LogP) is 2.30. The van der Waals surface area contributed by atoms with Crippen LogP contribution in [-0.4, -0.2) is 16.5 Å². The molecule has 2 aromatic rings. The van der Waals surface area contributed by atoms with Gasteiger partial charge in [0.2, 0.25) is 0 Å². The molecular weight excluding hydrogens is 222 g/mol. The van der Waals surface area contributed by atoms with E-state index >= 15 is 0 Å². The second-order valence-corrected chi connectivity index (χ2v) is 4.39. The van der Waals surface area contributed by atoms with Gasteiger partial charge in [-0.15, -0.1) is 0 Å². The van der Waals surface area contributed by atoms with E-state index in [-0.39, 0.29) is 6.04 Å². The Bertz CT molecular complexity index is 506. The summed E-state index contributed by atoms with van der Waals surface area (Å²) >= 11 is 6.01. The Hall–Kier alpha value is -1.32. The molecule has 1 aliphatic heterocycles. The van der Waals surface area contributed by atoms with Crippen molar-refractivity contribution in [2.24, 2.45) is 0 Å². The molecule has 0 radical (unpaired) electrons. The van der Waals surface area contributed by atoms with E-state index in [0.29, 0.717) is 0 Å². The molecule has 0 aliphatic carbocycles. The molecule has 0 saturated heterocycles. The lowest BCUT2D eigenvalue weighted by Crippen LogP contribution is -2.30. The highest BCUT2D eigenvalue weighted by molar-refractivity contribution is 6.30. The van der Waals surface area contributed by atoms with Gasteiger partial charge in [-0.1, -0.05) is 23.7 Å². The summed E-state index contributed by atoms with van der Waals surface area (Å²) in [6.07, 6.45) is 2.77. The number of halogens is 1. The first-order valence-electron chi connectivity index (χ1n) is 5.35. The summed E-state index contributed by atoms with van der Waals surface area (Å²) in [6.45, 7) is 0.965. The van der Waals surface area contributed by atoms with E-state index < -0.39 is 0 Å². The highest BCUT2D eigenvalue weighted by Gasteiger charge is 2.23. The maximum Gasteiger partial charge on any atom is 0.0926 e. The third-order valence-corrected chi connectivity index (χ3v) is 3.17. The molecule has 1 aromatic carbocycles. The number of aromatic amines is 1. The van der Waals surface area contributed by atoms with Crippen molar-refractivity contribution in [3.63, 3.8) is 0 Å². The molecule has 0 bridgehead atoms. The van der Waals surface area contributed by atoms with Crippen molar-refractivity contribution < 1.29 is 0 Å². The van der Waals surface area contributed by atoms with Gasteiger partial charge in [0, 0.05) is 23.7 Å². The van der Waals surface area contributed by atoms with Crippen molar-refractivity contribution in [2.45, 2.75) is 12.5 Å². The quantitative estimate of drug-likeness (QED) is 0.794. The first-order chi connectivity index (χ1) is 7.84. The first kappa shape index (κ1) is 9.87. The first-order valence-corrected chi connectivity index (χ1v) is 5.73. The summed E-state index contributed by atoms with van der Waals surface area (Å²) in [5.41, 5.74) is 3.48. The molecule has 0 amide bonds. The third-order valence-electron chi connectivity index (χ3n) is 2.93. The Kier molecular flexibility index (Phi) is 2.42. The number of imidazole rings is 1. The highest BCUT2D eigenvalue weighted by atomic mass is 35.5. The van der Waals surface area contributed by atoms with E-state index in [1.807, 2.05) is 18.2 Å². The third kappa shape index (κ3) is 1.62. The topological polar surface area (TPSA) is 40.7 Å². The Labute approximate surface area is 98.9 Å². The van der Waals surface area contributed by atoms with Crippen LogP contribution >= 0.6 is 11.6 Å². The van der Waals surface area contributed by atoms with Gasteiger partial charge >= 0.3 is 0 Å². The Morgan fingerprint density at radius 1 is 1.38 bits per heavy atom. The van der Waals surface area contributed by atoms with Crippen LogP contribution in [-0.2, 0) is 6.42 Å². The van der Waals surface area contributed by atoms with Gasteiger partial charge in [-0.2, -0.15) is 0 Å². The molecule has 0 unspecified atom stereocenters. The van der Waals surface area contributed by atoms with Gasteiger partial charge in [0.25, 0.3) is 0 Å². The van der Waals surface area contributed by atoms with Crippen LogP contribution in [0.2, 0.25) is 5.02 Å². The Morgan fingerprint density at radius 2 is 2.31 bits per heavy atom. The minimum absolute atomic E-state index is 0.161. The number of benzene rings is 1. The average molecular weight is 234 g/mol. The Balaban J connectivity index is 2.04. The summed E-state index contributed by atoms with van der Waals surface area (Å²) < 4.78 is 0. The smallest absolute Gasteiger partial charge is 0.0926 e. The maximum absolute atomic E-state index is 6.01. The lowest BCUT2D eigenvalue weighted by molar-refractivity contribution is 0.553. The van der Waals surface area contributed by atoms with Crippen molar-refractivity contribution in [1.29, 1.82) is 0 Å². The summed E-state index contributed by atoms with van der Waals surface area (Å²) in [5.74, 6) is 0. The summed E-state index contributed by atoms with van der Waals surface area (Å²) in [7, 11) is 0. The fraction of sp³-hybridized carbons (Fsp3) is 0.250. The van der Waals surface area contributed by atoms with Crippen LogP contribution in [0.25, 0.3) is 0 Å². The van der Waals surface area contributed by atoms with E-state index in [1.165, 1.54) is 11.3 Å². The van der Waals surface area contributed by atoms with Crippen molar-refractivity contribution >= 4 is 11.6 Å². The van der Waals surface area contributed by atoms with Crippen molar-refractivity contribution in [3.05, 3.63) is 52.6 Å². The van der Waals surface area contributed by atoms with E-state index in [4.69, 9.17) is 11.6 Å². The van der Waals surface area contributed by atoms with E-state index in [9.17, 15) is 0 Å². The number of rotatable bonds is 1. The van der Waals surface area contributed by atoms with Gasteiger partial charge in [-0.05, 0) is 17.7 Å². The molecule has 2 heterocycles. The minimum atomic E-state index is 0.161. The number of hydrogen-bond acceptors (Lipinski definition) is 2. The average Bonchev–Trinajstić information content (AvgIpc) is 2.76. The standard InChI is InChI=1S/C12H12ClN3/c13-9-3-1-2-8(6-9)11-12-10(4-5-14-11)15-7-16-12/h1-3,6-7,11,14H,4-5H2,(H,15,16)/t11-/m1/s1. The molecule has 1 aliphatic rings. The lowest BCUT2D eigenvalue weighted by atomic mass is 9.98. The summed E-state index contributed by atoms with van der Waals surface area (Å²) in [5, 5.41) is 4.23. The monoisotopic (exact) mass is 233 g/mol. The zero-order valence-corrected chi connectivity index (χ0v) is 9.46. The zero-order valence-electron chi connectivity index (χ0n) is 8.70.